The van der Waals surface area contributed by atoms with Crippen LogP contribution in [0, 0.1) is 18.3 Å². The molecule has 0 radical (unpaired) electrons. The van der Waals surface area contributed by atoms with Gasteiger partial charge in [0.2, 0.25) is 0 Å². The van der Waals surface area contributed by atoms with Gasteiger partial charge in [0.25, 0.3) is 0 Å². The molecule has 0 unspecified atom stereocenters. The summed E-state index contributed by atoms with van der Waals surface area (Å²) in [5.41, 5.74) is 22.0. The van der Waals surface area contributed by atoms with Crippen LogP contribution in [0.15, 0.2) is 183 Å². The van der Waals surface area contributed by atoms with Crippen LogP contribution in [0.3, 0.4) is 0 Å². The van der Waals surface area contributed by atoms with E-state index >= 15 is 0 Å². The van der Waals surface area contributed by atoms with Crippen LogP contribution >= 0.6 is 0 Å². The smallest absolute Gasteiger partial charge is 0.0992 e. The summed E-state index contributed by atoms with van der Waals surface area (Å²) in [5, 5.41) is 12.2. The molecule has 1 spiro atoms. The normalized spacial score (nSPS) is 13.2. The monoisotopic (exact) mass is 685 g/mol. The van der Waals surface area contributed by atoms with Gasteiger partial charge in [-0.2, -0.15) is 5.26 Å². The predicted molar refractivity (Wildman–Crippen MR) is 221 cm³/mol. The highest BCUT2D eigenvalue weighted by Crippen LogP contribution is 2.62. The molecule has 53 heavy (non-hydrogen) atoms. The van der Waals surface area contributed by atoms with Gasteiger partial charge in [-0.25, -0.2) is 0 Å². The van der Waals surface area contributed by atoms with Gasteiger partial charge in [-0.1, -0.05) is 160 Å². The van der Waals surface area contributed by atoms with Crippen LogP contribution in [-0.2, 0) is 10.8 Å². The van der Waals surface area contributed by atoms with E-state index in [-0.39, 0.29) is 10.8 Å². The van der Waals surface area contributed by atoms with Gasteiger partial charge in [0.15, 0.2) is 0 Å². The van der Waals surface area contributed by atoms with E-state index in [0.29, 0.717) is 5.56 Å². The van der Waals surface area contributed by atoms with E-state index in [0.717, 1.165) is 11.4 Å². The Hall–Kier alpha value is -6.63. The molecule has 3 heteroatoms. The SMILES string of the molecule is C=CN.Cc1cccc2c1-c1ccccc1C21c2ccccc2C(C)(C)c2ccccc21.N#Cc1cccc(Nc2ccc(-c3ccccc3)cc2)c1. The highest BCUT2D eigenvalue weighted by atomic mass is 14.9. The number of aryl methyl sites for hydroxylation is 1. The molecule has 0 atom stereocenters. The summed E-state index contributed by atoms with van der Waals surface area (Å²) >= 11 is 0. The Balaban J connectivity index is 0.000000160. The van der Waals surface area contributed by atoms with Gasteiger partial charge < -0.3 is 11.1 Å². The van der Waals surface area contributed by atoms with E-state index in [1.54, 1.807) is 6.07 Å². The highest BCUT2D eigenvalue weighted by Gasteiger charge is 2.53. The Morgan fingerprint density at radius 1 is 0.566 bits per heavy atom. The average molecular weight is 686 g/mol. The highest BCUT2D eigenvalue weighted by molar-refractivity contribution is 5.89. The minimum absolute atomic E-state index is 0.0278. The van der Waals surface area contributed by atoms with Crippen LogP contribution in [-0.4, -0.2) is 0 Å². The lowest BCUT2D eigenvalue weighted by Gasteiger charge is -2.46. The van der Waals surface area contributed by atoms with E-state index in [1.165, 1.54) is 67.4 Å². The second-order valence-electron chi connectivity index (χ2n) is 14.0. The molecule has 9 rings (SSSR count). The second kappa shape index (κ2) is 14.5. The van der Waals surface area contributed by atoms with Crippen molar-refractivity contribution in [3.05, 3.63) is 227 Å². The molecule has 7 aromatic rings. The maximum Gasteiger partial charge on any atom is 0.0992 e. The van der Waals surface area contributed by atoms with Crippen molar-refractivity contribution >= 4 is 11.4 Å². The van der Waals surface area contributed by atoms with Crippen molar-refractivity contribution in [2.75, 3.05) is 5.32 Å². The number of hydrogen-bond acceptors (Lipinski definition) is 3. The first kappa shape index (κ1) is 34.8. The van der Waals surface area contributed by atoms with Crippen LogP contribution < -0.4 is 11.1 Å². The van der Waals surface area contributed by atoms with Crippen LogP contribution in [0.1, 0.15) is 58.4 Å². The number of fused-ring (bicyclic) bond motifs is 9. The van der Waals surface area contributed by atoms with Gasteiger partial charge in [-0.15, -0.1) is 0 Å². The third-order valence-electron chi connectivity index (χ3n) is 10.6. The fourth-order valence-electron chi connectivity index (χ4n) is 8.30. The number of anilines is 2. The first-order chi connectivity index (χ1) is 25.8. The quantitative estimate of drug-likeness (QED) is 0.195. The fourth-order valence-corrected chi connectivity index (χ4v) is 8.30. The summed E-state index contributed by atoms with van der Waals surface area (Å²) in [4.78, 5) is 0. The largest absolute Gasteiger partial charge is 0.405 e. The summed E-state index contributed by atoms with van der Waals surface area (Å²) in [5.74, 6) is 0. The molecule has 0 bridgehead atoms. The first-order valence-corrected chi connectivity index (χ1v) is 18.0. The molecule has 3 nitrogen and oxygen atoms in total. The summed E-state index contributed by atoms with van der Waals surface area (Å²) in [6.45, 7) is 10.1. The second-order valence-corrected chi connectivity index (χ2v) is 14.0. The van der Waals surface area contributed by atoms with Gasteiger partial charge in [0.1, 0.15) is 0 Å². The molecule has 258 valence electrons. The Labute approximate surface area is 313 Å². The molecule has 0 saturated carbocycles. The molecule has 3 N–H and O–H groups in total. The van der Waals surface area contributed by atoms with Crippen LogP contribution in [0.5, 0.6) is 0 Å². The van der Waals surface area contributed by atoms with E-state index < -0.39 is 0 Å². The Bertz CT molecular complexity index is 2400. The Kier molecular flexibility index (Phi) is 9.55. The van der Waals surface area contributed by atoms with Crippen LogP contribution in [0.25, 0.3) is 22.3 Å². The summed E-state index contributed by atoms with van der Waals surface area (Å²) in [7, 11) is 0. The Morgan fingerprint density at radius 3 is 1.70 bits per heavy atom. The maximum absolute atomic E-state index is 8.91. The molecule has 0 heterocycles. The third-order valence-corrected chi connectivity index (χ3v) is 10.6. The number of hydrogen-bond donors (Lipinski definition) is 2. The summed E-state index contributed by atoms with van der Waals surface area (Å²) < 4.78 is 0. The van der Waals surface area contributed by atoms with E-state index in [4.69, 9.17) is 5.26 Å². The van der Waals surface area contributed by atoms with Gasteiger partial charge in [0, 0.05) is 16.8 Å². The molecule has 0 fully saturated rings. The predicted octanol–water partition coefficient (Wildman–Crippen LogP) is 12.1. The van der Waals surface area contributed by atoms with Crippen molar-refractivity contribution in [1.82, 2.24) is 0 Å². The summed E-state index contributed by atoms with van der Waals surface area (Å²) in [6, 6.07) is 62.2. The minimum Gasteiger partial charge on any atom is -0.405 e. The number of nitrogens with one attached hydrogen (secondary N) is 1. The number of nitrogens with zero attached hydrogens (tertiary/aromatic N) is 1. The lowest BCUT2D eigenvalue weighted by Crippen LogP contribution is -2.40. The maximum atomic E-state index is 8.91. The van der Waals surface area contributed by atoms with Crippen molar-refractivity contribution in [3.63, 3.8) is 0 Å². The molecule has 0 saturated heterocycles. The Morgan fingerprint density at radius 2 is 1.08 bits per heavy atom. The minimum atomic E-state index is -0.249. The third kappa shape index (κ3) is 6.09. The average Bonchev–Trinajstić information content (AvgIpc) is 3.50. The molecule has 0 aromatic heterocycles. The van der Waals surface area contributed by atoms with E-state index in [2.05, 4.69) is 160 Å². The van der Waals surface area contributed by atoms with Crippen molar-refractivity contribution in [2.24, 2.45) is 5.73 Å². The molecular formula is C50H43N3. The van der Waals surface area contributed by atoms with Gasteiger partial charge in [-0.3, -0.25) is 0 Å². The topological polar surface area (TPSA) is 61.8 Å². The zero-order valence-corrected chi connectivity index (χ0v) is 30.5. The fraction of sp³-hybridized carbons (Fsp3) is 0.100. The molecule has 7 aromatic carbocycles. The standard InChI is InChI=1S/C29H24.C19H14N2.C2H5N/c1-19-11-10-18-26-27(19)20-12-4-5-13-21(20)29(26)24-16-8-6-14-22(24)28(2,3)23-15-7-9-17-25(23)29;20-14-15-5-4-8-19(13-15)21-18-11-9-17(10-12-18)16-6-2-1-3-7-16;1-2-3/h4-18H,1-3H3;1-13,21H;2H,1,3H2. The number of nitriles is 1. The molecular weight excluding hydrogens is 643 g/mol. The lowest BCUT2D eigenvalue weighted by molar-refractivity contribution is 0.563. The van der Waals surface area contributed by atoms with Gasteiger partial charge in [0.05, 0.1) is 17.0 Å². The van der Waals surface area contributed by atoms with Crippen LogP contribution in [0.4, 0.5) is 11.4 Å². The lowest BCUT2D eigenvalue weighted by atomic mass is 9.55. The zero-order chi connectivity index (χ0) is 37.0. The van der Waals surface area contributed by atoms with Gasteiger partial charge >= 0.3 is 0 Å². The molecule has 0 aliphatic heterocycles. The number of nitrogens with two attached hydrogens (primary N) is 1. The zero-order valence-electron chi connectivity index (χ0n) is 30.5. The van der Waals surface area contributed by atoms with Gasteiger partial charge in [-0.05, 0) is 105 Å². The molecule has 2 aliphatic rings. The van der Waals surface area contributed by atoms with Crippen molar-refractivity contribution in [1.29, 1.82) is 5.26 Å². The number of rotatable bonds is 3. The van der Waals surface area contributed by atoms with Crippen molar-refractivity contribution in [2.45, 2.75) is 31.6 Å². The van der Waals surface area contributed by atoms with Crippen LogP contribution in [0.2, 0.25) is 0 Å². The first-order valence-electron chi connectivity index (χ1n) is 18.0. The van der Waals surface area contributed by atoms with E-state index in [9.17, 15) is 0 Å². The van der Waals surface area contributed by atoms with Crippen molar-refractivity contribution in [3.8, 4) is 28.3 Å². The van der Waals surface area contributed by atoms with E-state index in [1.807, 2.05) is 48.5 Å². The molecule has 2 aliphatic carbocycles. The summed E-state index contributed by atoms with van der Waals surface area (Å²) in [6.07, 6.45) is 1.25. The molecule has 0 amide bonds. The van der Waals surface area contributed by atoms with Crippen molar-refractivity contribution < 1.29 is 0 Å². The number of benzene rings is 7.